The van der Waals surface area contributed by atoms with E-state index in [4.69, 9.17) is 9.47 Å². The van der Waals surface area contributed by atoms with Gasteiger partial charge in [0, 0.05) is 24.0 Å². The molecule has 1 aliphatic rings. The van der Waals surface area contributed by atoms with Crippen LogP contribution in [0.25, 0.3) is 0 Å². The summed E-state index contributed by atoms with van der Waals surface area (Å²) in [5.41, 5.74) is 1.60. The second-order valence-corrected chi connectivity index (χ2v) is 6.67. The van der Waals surface area contributed by atoms with Crippen molar-refractivity contribution in [3.63, 3.8) is 0 Å². The molecule has 0 radical (unpaired) electrons. The van der Waals surface area contributed by atoms with Crippen molar-refractivity contribution in [2.45, 2.75) is 26.6 Å². The van der Waals surface area contributed by atoms with Crippen molar-refractivity contribution < 1.29 is 14.3 Å². The Morgan fingerprint density at radius 2 is 2.22 bits per heavy atom. The van der Waals surface area contributed by atoms with Gasteiger partial charge in [-0.2, -0.15) is 0 Å². The van der Waals surface area contributed by atoms with Gasteiger partial charge in [-0.05, 0) is 38.1 Å². The number of hydrogen-bond acceptors (Lipinski definition) is 5. The number of carbonyl (C=O) groups is 1. The molecule has 1 amide bonds. The molecular weight excluding hydrogens is 312 g/mol. The lowest BCUT2D eigenvalue weighted by Gasteiger charge is -2.31. The minimum Gasteiger partial charge on any atom is -0.487 e. The van der Waals surface area contributed by atoms with Gasteiger partial charge in [0.05, 0.1) is 23.4 Å². The van der Waals surface area contributed by atoms with E-state index in [2.05, 4.69) is 4.98 Å². The molecule has 1 aromatic heterocycles. The third kappa shape index (κ3) is 4.09. The number of carbonyl (C=O) groups excluding carboxylic acids is 1. The summed E-state index contributed by atoms with van der Waals surface area (Å²) >= 11 is 1.61. The molecule has 1 unspecified atom stereocenters. The molecule has 1 aromatic carbocycles. The second-order valence-electron chi connectivity index (χ2n) is 5.60. The smallest absolute Gasteiger partial charge is 0.254 e. The molecule has 1 atom stereocenters. The van der Waals surface area contributed by atoms with Crippen LogP contribution < -0.4 is 4.74 Å². The molecular formula is C17H20N2O3S. The summed E-state index contributed by atoms with van der Waals surface area (Å²) in [7, 11) is 0. The minimum absolute atomic E-state index is 0.0434. The Balaban J connectivity index is 1.59. The number of aryl methyl sites for hydroxylation is 1. The number of morpholine rings is 1. The van der Waals surface area contributed by atoms with Crippen molar-refractivity contribution in [2.24, 2.45) is 0 Å². The molecule has 122 valence electrons. The highest BCUT2D eigenvalue weighted by Crippen LogP contribution is 2.17. The lowest BCUT2D eigenvalue weighted by molar-refractivity contribution is -0.0124. The number of rotatable bonds is 4. The second kappa shape index (κ2) is 7.10. The third-order valence-electron chi connectivity index (χ3n) is 3.68. The van der Waals surface area contributed by atoms with Crippen molar-refractivity contribution >= 4 is 17.2 Å². The van der Waals surface area contributed by atoms with E-state index in [-0.39, 0.29) is 12.0 Å². The van der Waals surface area contributed by atoms with Gasteiger partial charge in [-0.3, -0.25) is 4.79 Å². The van der Waals surface area contributed by atoms with Gasteiger partial charge in [-0.25, -0.2) is 4.98 Å². The number of aromatic nitrogens is 1. The fourth-order valence-corrected chi connectivity index (χ4v) is 3.11. The van der Waals surface area contributed by atoms with Gasteiger partial charge < -0.3 is 14.4 Å². The third-order valence-corrected chi connectivity index (χ3v) is 4.51. The molecule has 2 aromatic rings. The molecule has 1 fully saturated rings. The zero-order valence-corrected chi connectivity index (χ0v) is 14.1. The summed E-state index contributed by atoms with van der Waals surface area (Å²) < 4.78 is 11.2. The largest absolute Gasteiger partial charge is 0.487 e. The van der Waals surface area contributed by atoms with Crippen molar-refractivity contribution in [3.8, 4) is 5.75 Å². The normalized spacial score (nSPS) is 18.0. The zero-order valence-electron chi connectivity index (χ0n) is 13.3. The van der Waals surface area contributed by atoms with Crippen molar-refractivity contribution in [2.75, 3.05) is 19.7 Å². The number of hydrogen-bond donors (Lipinski definition) is 0. The lowest BCUT2D eigenvalue weighted by atomic mass is 10.1. The number of nitrogens with zero attached hydrogens (tertiary/aromatic N) is 2. The Hall–Kier alpha value is -1.92. The molecule has 5 nitrogen and oxygen atoms in total. The lowest BCUT2D eigenvalue weighted by Crippen LogP contribution is -2.44. The van der Waals surface area contributed by atoms with Gasteiger partial charge in [0.25, 0.3) is 5.91 Å². The van der Waals surface area contributed by atoms with E-state index in [0.717, 1.165) is 16.5 Å². The molecule has 0 bridgehead atoms. The van der Waals surface area contributed by atoms with E-state index < -0.39 is 0 Å². The van der Waals surface area contributed by atoms with Crippen molar-refractivity contribution in [1.29, 1.82) is 0 Å². The zero-order chi connectivity index (χ0) is 16.2. The van der Waals surface area contributed by atoms with E-state index in [9.17, 15) is 4.79 Å². The predicted molar refractivity (Wildman–Crippen MR) is 88.9 cm³/mol. The first-order valence-electron chi connectivity index (χ1n) is 7.66. The Bertz CT molecular complexity index is 669. The van der Waals surface area contributed by atoms with Crippen LogP contribution in [-0.2, 0) is 11.3 Å². The molecule has 0 spiro atoms. The maximum Gasteiger partial charge on any atom is 0.254 e. The molecule has 0 aliphatic carbocycles. The molecule has 0 saturated carbocycles. The Morgan fingerprint density at radius 3 is 2.87 bits per heavy atom. The van der Waals surface area contributed by atoms with Gasteiger partial charge in [0.1, 0.15) is 12.4 Å². The van der Waals surface area contributed by atoms with E-state index >= 15 is 0 Å². The molecule has 0 N–H and O–H groups in total. The van der Waals surface area contributed by atoms with E-state index in [1.54, 1.807) is 11.3 Å². The average Bonchev–Trinajstić information content (AvgIpc) is 2.98. The number of amides is 1. The van der Waals surface area contributed by atoms with Crippen molar-refractivity contribution in [1.82, 2.24) is 9.88 Å². The standard InChI is InChI=1S/C17H20N2O3S/c1-12-9-19(7-8-21-12)17(20)14-3-5-16(6-4-14)22-10-15-11-23-13(2)18-15/h3-6,11-12H,7-10H2,1-2H3. The topological polar surface area (TPSA) is 51.7 Å². The van der Waals surface area contributed by atoms with Gasteiger partial charge in [-0.1, -0.05) is 0 Å². The van der Waals surface area contributed by atoms with E-state index in [1.807, 2.05) is 48.4 Å². The van der Waals surface area contributed by atoms with Gasteiger partial charge in [0.15, 0.2) is 0 Å². The van der Waals surface area contributed by atoms with Gasteiger partial charge in [0.2, 0.25) is 0 Å². The van der Waals surface area contributed by atoms with E-state index in [0.29, 0.717) is 31.9 Å². The average molecular weight is 332 g/mol. The summed E-state index contributed by atoms with van der Waals surface area (Å²) in [4.78, 5) is 18.7. The maximum absolute atomic E-state index is 12.5. The van der Waals surface area contributed by atoms with Crippen LogP contribution in [0.2, 0.25) is 0 Å². The van der Waals surface area contributed by atoms with Crippen LogP contribution in [0.5, 0.6) is 5.75 Å². The summed E-state index contributed by atoms with van der Waals surface area (Å²) in [6, 6.07) is 7.28. The first-order valence-corrected chi connectivity index (χ1v) is 8.54. The van der Waals surface area contributed by atoms with Gasteiger partial charge in [-0.15, -0.1) is 11.3 Å². The molecule has 1 aliphatic heterocycles. The molecule has 23 heavy (non-hydrogen) atoms. The molecule has 1 saturated heterocycles. The van der Waals surface area contributed by atoms with Crippen LogP contribution in [0.15, 0.2) is 29.6 Å². The quantitative estimate of drug-likeness (QED) is 0.864. The maximum atomic E-state index is 12.5. The fourth-order valence-electron chi connectivity index (χ4n) is 2.51. The minimum atomic E-state index is 0.0434. The molecule has 6 heteroatoms. The SMILES string of the molecule is Cc1nc(COc2ccc(C(=O)N3CCOC(C)C3)cc2)cs1. The molecule has 2 heterocycles. The number of ether oxygens (including phenoxy) is 2. The van der Waals surface area contributed by atoms with Crippen molar-refractivity contribution in [3.05, 3.63) is 45.9 Å². The first-order chi connectivity index (χ1) is 11.1. The Kier molecular flexibility index (Phi) is 4.93. The highest BCUT2D eigenvalue weighted by atomic mass is 32.1. The number of thiazole rings is 1. The van der Waals surface area contributed by atoms with Crippen LogP contribution in [0, 0.1) is 6.92 Å². The summed E-state index contributed by atoms with van der Waals surface area (Å²) in [6.07, 6.45) is 0.0943. The predicted octanol–water partition coefficient (Wildman–Crippen LogP) is 2.89. The summed E-state index contributed by atoms with van der Waals surface area (Å²) in [5.74, 6) is 0.782. The monoisotopic (exact) mass is 332 g/mol. The highest BCUT2D eigenvalue weighted by Gasteiger charge is 2.22. The Morgan fingerprint density at radius 1 is 1.43 bits per heavy atom. The summed E-state index contributed by atoms with van der Waals surface area (Å²) in [6.45, 7) is 6.28. The van der Waals surface area contributed by atoms with E-state index in [1.165, 1.54) is 0 Å². The fraction of sp³-hybridized carbons (Fsp3) is 0.412. The molecule has 3 rings (SSSR count). The van der Waals surface area contributed by atoms with Crippen LogP contribution in [0.1, 0.15) is 28.0 Å². The van der Waals surface area contributed by atoms with Crippen LogP contribution in [-0.4, -0.2) is 41.6 Å². The first kappa shape index (κ1) is 16.0. The Labute approximate surface area is 139 Å². The number of benzene rings is 1. The van der Waals surface area contributed by atoms with Crippen LogP contribution in [0.4, 0.5) is 0 Å². The van der Waals surface area contributed by atoms with Crippen LogP contribution >= 0.6 is 11.3 Å². The summed E-state index contributed by atoms with van der Waals surface area (Å²) in [5, 5.41) is 3.02. The highest BCUT2D eigenvalue weighted by molar-refractivity contribution is 7.09. The van der Waals surface area contributed by atoms with Gasteiger partial charge >= 0.3 is 0 Å². The van der Waals surface area contributed by atoms with Crippen LogP contribution in [0.3, 0.4) is 0 Å².